The van der Waals surface area contributed by atoms with Gasteiger partial charge in [0.15, 0.2) is 0 Å². The third-order valence-electron chi connectivity index (χ3n) is 17.9. The van der Waals surface area contributed by atoms with Crippen LogP contribution >= 0.6 is 0 Å². The molecule has 8 aliphatic carbocycles. The topological polar surface area (TPSA) is 74.6 Å². The van der Waals surface area contributed by atoms with Gasteiger partial charge in [0, 0.05) is 26.1 Å². The van der Waals surface area contributed by atoms with Gasteiger partial charge in [0.25, 0.3) is 0 Å². The molecule has 4 fully saturated rings. The molecule has 4 heteroatoms. The fourth-order valence-corrected chi connectivity index (χ4v) is 13.9. The van der Waals surface area contributed by atoms with Gasteiger partial charge in [-0.15, -0.1) is 0 Å². The van der Waals surface area contributed by atoms with Crippen LogP contribution in [0.25, 0.3) is 0 Å². The molecular weight excluding hydrogens is 737 g/mol. The van der Waals surface area contributed by atoms with Crippen LogP contribution in [0.2, 0.25) is 0 Å². The monoisotopic (exact) mass is 829 g/mol. The molecule has 0 aliphatic heterocycles. The van der Waals surface area contributed by atoms with Crippen LogP contribution in [0.4, 0.5) is 0 Å². The molecule has 0 amide bonds. The maximum Gasteiger partial charge on any atom is 0.120 e. The zero-order valence-corrected chi connectivity index (χ0v) is 40.2. The maximum atomic E-state index is 10.4. The first-order valence-corrected chi connectivity index (χ1v) is 25.4. The summed E-state index contributed by atoms with van der Waals surface area (Å²) in [5.74, 6) is 6.98. The van der Waals surface area contributed by atoms with E-state index in [9.17, 15) is 9.59 Å². The van der Waals surface area contributed by atoms with E-state index in [0.29, 0.717) is 47.7 Å². The van der Waals surface area contributed by atoms with Gasteiger partial charge in [-0.1, -0.05) is 102 Å². The lowest BCUT2D eigenvalue weighted by Crippen LogP contribution is -2.24. The highest BCUT2D eigenvalue weighted by molar-refractivity contribution is 5.50. The van der Waals surface area contributed by atoms with Crippen molar-refractivity contribution in [3.05, 3.63) is 46.6 Å². The second-order valence-electron chi connectivity index (χ2n) is 23.7. The Morgan fingerprint density at radius 1 is 0.467 bits per heavy atom. The molecule has 8 unspecified atom stereocenters. The highest BCUT2D eigenvalue weighted by atomic mass is 16.3. The highest BCUT2D eigenvalue weighted by Gasteiger charge is 2.44. The smallest absolute Gasteiger partial charge is 0.120 e. The van der Waals surface area contributed by atoms with Crippen molar-refractivity contribution < 1.29 is 19.8 Å². The molecule has 8 aliphatic rings. The van der Waals surface area contributed by atoms with E-state index in [1.807, 2.05) is 0 Å². The maximum absolute atomic E-state index is 10.4. The third-order valence-corrected chi connectivity index (χ3v) is 17.9. The number of aldehydes is 2. The van der Waals surface area contributed by atoms with Crippen molar-refractivity contribution in [2.24, 2.45) is 69.0 Å². The number of aliphatic hydroxyl groups is 2. The van der Waals surface area contributed by atoms with Crippen molar-refractivity contribution in [3.63, 3.8) is 0 Å². The Bertz CT molecular complexity index is 1500. The first-order valence-electron chi connectivity index (χ1n) is 25.4. The largest absolute Gasteiger partial charge is 0.396 e. The van der Waals surface area contributed by atoms with E-state index in [2.05, 4.69) is 79.7 Å². The van der Waals surface area contributed by atoms with Crippen LogP contribution in [0.15, 0.2) is 46.6 Å². The van der Waals surface area contributed by atoms with Gasteiger partial charge in [0.2, 0.25) is 0 Å². The summed E-state index contributed by atoms with van der Waals surface area (Å²) < 4.78 is 0. The van der Waals surface area contributed by atoms with Crippen LogP contribution in [0.3, 0.4) is 0 Å². The lowest BCUT2D eigenvalue weighted by molar-refractivity contribution is -0.108. The van der Waals surface area contributed by atoms with Gasteiger partial charge in [-0.2, -0.15) is 0 Å². The molecule has 0 radical (unpaired) electrons. The number of hydrogen-bond acceptors (Lipinski definition) is 4. The van der Waals surface area contributed by atoms with E-state index in [0.717, 1.165) is 98.4 Å². The Morgan fingerprint density at radius 3 is 1.22 bits per heavy atom. The molecule has 0 aromatic rings. The number of carbonyl (C=O) groups excluding carboxylic acids is 2. The Hall–Kier alpha value is -1.78. The van der Waals surface area contributed by atoms with Crippen molar-refractivity contribution >= 4 is 12.6 Å². The zero-order chi connectivity index (χ0) is 43.6. The minimum Gasteiger partial charge on any atom is -0.396 e. The Kier molecular flexibility index (Phi) is 18.2. The third kappa shape index (κ3) is 13.1. The average Bonchev–Trinajstić information content (AvgIpc) is 3.92. The molecule has 0 aromatic heterocycles. The molecule has 0 bridgehead atoms. The van der Waals surface area contributed by atoms with Crippen LogP contribution in [0.1, 0.15) is 209 Å². The summed E-state index contributed by atoms with van der Waals surface area (Å²) in [4.78, 5) is 20.7. The lowest BCUT2D eigenvalue weighted by Gasteiger charge is -2.33. The van der Waals surface area contributed by atoms with E-state index in [-0.39, 0.29) is 0 Å². The number of hydrogen-bond donors (Lipinski definition) is 2. The number of fused-ring (bicyclic) bond motifs is 4. The van der Waals surface area contributed by atoms with Gasteiger partial charge >= 0.3 is 0 Å². The normalized spacial score (nSPS) is 33.5. The van der Waals surface area contributed by atoms with Gasteiger partial charge in [-0.3, -0.25) is 0 Å². The summed E-state index contributed by atoms with van der Waals surface area (Å²) in [6.45, 7) is 20.0. The first kappa shape index (κ1) is 49.2. The van der Waals surface area contributed by atoms with Gasteiger partial charge in [-0.05, 0) is 210 Å². The quantitative estimate of drug-likeness (QED) is 0.152. The molecule has 8 rings (SSSR count). The van der Waals surface area contributed by atoms with Crippen molar-refractivity contribution in [2.45, 2.75) is 209 Å². The zero-order valence-electron chi connectivity index (χ0n) is 40.2. The van der Waals surface area contributed by atoms with Crippen LogP contribution in [-0.2, 0) is 9.59 Å². The Morgan fingerprint density at radius 2 is 0.817 bits per heavy atom. The van der Waals surface area contributed by atoms with Crippen LogP contribution < -0.4 is 0 Å². The van der Waals surface area contributed by atoms with E-state index in [1.165, 1.54) is 103 Å². The minimum atomic E-state index is 0.342. The molecule has 60 heavy (non-hydrogen) atoms. The lowest BCUT2D eigenvalue weighted by atomic mass is 9.72. The average molecular weight is 829 g/mol. The summed E-state index contributed by atoms with van der Waals surface area (Å²) in [5.41, 5.74) is 8.45. The van der Waals surface area contributed by atoms with E-state index in [4.69, 9.17) is 10.2 Å². The van der Waals surface area contributed by atoms with Crippen LogP contribution in [0, 0.1) is 69.0 Å². The van der Waals surface area contributed by atoms with Gasteiger partial charge < -0.3 is 19.8 Å². The molecule has 4 saturated carbocycles. The van der Waals surface area contributed by atoms with E-state index >= 15 is 0 Å². The number of allylic oxidation sites excluding steroid dienone is 8. The summed E-state index contributed by atoms with van der Waals surface area (Å²) >= 11 is 0. The molecule has 340 valence electrons. The molecule has 0 heterocycles. The molecule has 2 N–H and O–H groups in total. The van der Waals surface area contributed by atoms with Crippen molar-refractivity contribution in [1.29, 1.82) is 0 Å². The minimum absolute atomic E-state index is 0.342. The van der Waals surface area contributed by atoms with Gasteiger partial charge in [-0.25, -0.2) is 0 Å². The van der Waals surface area contributed by atoms with Crippen molar-refractivity contribution in [3.8, 4) is 0 Å². The molecule has 0 spiro atoms. The van der Waals surface area contributed by atoms with Crippen LogP contribution in [-0.4, -0.2) is 36.0 Å². The predicted molar refractivity (Wildman–Crippen MR) is 252 cm³/mol. The molecule has 0 saturated heterocycles. The summed E-state index contributed by atoms with van der Waals surface area (Å²) in [7, 11) is 0. The summed E-state index contributed by atoms with van der Waals surface area (Å²) in [6, 6.07) is 0. The SMILES string of the molecule is CC1(C)CCC2C=C(CCC=O)CCC21.CC1(C)CCC2C=C(CCCO)CCC21.CC1(C)CCC2CCC(CCC=O)=CC21.CC1(C)CCC2CCC(CCCO)=CC21. The van der Waals surface area contributed by atoms with Crippen LogP contribution in [0.5, 0.6) is 0 Å². The van der Waals surface area contributed by atoms with Crippen molar-refractivity contribution in [1.82, 2.24) is 0 Å². The number of rotatable bonds is 12. The van der Waals surface area contributed by atoms with Crippen molar-refractivity contribution in [2.75, 3.05) is 13.2 Å². The predicted octanol–water partition coefficient (Wildman–Crippen LogP) is 14.5. The Balaban J connectivity index is 0.000000152. The standard InChI is InChI=1S/C14H24O.C14H22O.C14H24O.C14H22O/c2*1-14(2)8-7-12-10-11(4-3-9-15)5-6-13(12)14;2*1-14(2)8-7-12-6-5-11(4-3-9-15)10-13(12)14/h10,12-13,15H,3-9H2,1-2H3;9-10,12-13H,3-8H2,1-2H3;10,12-13,15H,3-9H2,1-2H3;9-10,12-13H,3-8H2,1-2H3. The van der Waals surface area contributed by atoms with E-state index in [1.54, 1.807) is 22.3 Å². The summed E-state index contributed by atoms with van der Waals surface area (Å²) in [6.07, 6.45) is 41.4. The fourth-order valence-electron chi connectivity index (χ4n) is 13.9. The van der Waals surface area contributed by atoms with Gasteiger partial charge in [0.1, 0.15) is 12.6 Å². The second kappa shape index (κ2) is 22.2. The molecule has 8 atom stereocenters. The first-order chi connectivity index (χ1) is 28.5. The second-order valence-corrected chi connectivity index (χ2v) is 23.7. The molecule has 0 aromatic carbocycles. The highest BCUT2D eigenvalue weighted by Crippen LogP contribution is 2.55. The molecule has 4 nitrogen and oxygen atoms in total. The summed E-state index contributed by atoms with van der Waals surface area (Å²) in [5, 5.41) is 17.7. The molecular formula is C56H92O4. The number of carbonyl (C=O) groups is 2. The van der Waals surface area contributed by atoms with Gasteiger partial charge in [0.05, 0.1) is 0 Å². The fraction of sp³-hybridized carbons (Fsp3) is 0.821. The van der Waals surface area contributed by atoms with E-state index < -0.39 is 0 Å². The Labute approximate surface area is 369 Å². The number of aliphatic hydroxyl groups excluding tert-OH is 2.